The zero-order chi connectivity index (χ0) is 18.7. The van der Waals surface area contributed by atoms with Crippen LogP contribution in [-0.4, -0.2) is 52.0 Å². The summed E-state index contributed by atoms with van der Waals surface area (Å²) in [6.07, 6.45) is 2.64. The standard InChI is InChI=1S/C20H29N3O2S/c1-4-16-6-5-7-17(14-16)21-19(25)22-10-8-20(9-11-22)23(12-13-26-20)18(24)15(2)3/h5-7,14-15H,4,8-13H2,1-3H3,(H,21,25). The maximum atomic E-state index is 12.6. The summed E-state index contributed by atoms with van der Waals surface area (Å²) in [6.45, 7) is 8.24. The second-order valence-corrected chi connectivity index (χ2v) is 8.87. The summed E-state index contributed by atoms with van der Waals surface area (Å²) in [6, 6.07) is 7.96. The lowest BCUT2D eigenvalue weighted by Crippen LogP contribution is -2.55. The van der Waals surface area contributed by atoms with E-state index in [9.17, 15) is 9.59 Å². The fourth-order valence-electron chi connectivity index (χ4n) is 3.78. The van der Waals surface area contributed by atoms with Gasteiger partial charge in [0, 0.05) is 37.0 Å². The second kappa shape index (κ2) is 7.91. The van der Waals surface area contributed by atoms with Crippen molar-refractivity contribution in [2.45, 2.75) is 44.9 Å². The van der Waals surface area contributed by atoms with E-state index in [4.69, 9.17) is 0 Å². The van der Waals surface area contributed by atoms with Gasteiger partial charge in [-0.15, -0.1) is 11.8 Å². The summed E-state index contributed by atoms with van der Waals surface area (Å²) in [5, 5.41) is 3.02. The summed E-state index contributed by atoms with van der Waals surface area (Å²) < 4.78 is 0. The number of hydrogen-bond donors (Lipinski definition) is 1. The van der Waals surface area contributed by atoms with Crippen LogP contribution in [0.4, 0.5) is 10.5 Å². The molecule has 0 aromatic heterocycles. The Balaban J connectivity index is 1.60. The minimum atomic E-state index is -0.111. The first-order valence-corrected chi connectivity index (χ1v) is 10.5. The molecule has 1 N–H and O–H groups in total. The Morgan fingerprint density at radius 1 is 1.23 bits per heavy atom. The number of aryl methyl sites for hydroxylation is 1. The summed E-state index contributed by atoms with van der Waals surface area (Å²) in [5.74, 6) is 1.26. The lowest BCUT2D eigenvalue weighted by molar-refractivity contribution is -0.137. The van der Waals surface area contributed by atoms with Crippen LogP contribution >= 0.6 is 11.8 Å². The molecule has 142 valence electrons. The normalized spacial score (nSPS) is 19.2. The van der Waals surface area contributed by atoms with Gasteiger partial charge in [0.1, 0.15) is 0 Å². The topological polar surface area (TPSA) is 52.7 Å². The van der Waals surface area contributed by atoms with Gasteiger partial charge in [-0.2, -0.15) is 0 Å². The van der Waals surface area contributed by atoms with Crippen molar-refractivity contribution in [3.05, 3.63) is 29.8 Å². The van der Waals surface area contributed by atoms with E-state index in [1.54, 1.807) is 0 Å². The summed E-state index contributed by atoms with van der Waals surface area (Å²) in [7, 11) is 0. The van der Waals surface area contributed by atoms with Crippen LogP contribution in [0.2, 0.25) is 0 Å². The van der Waals surface area contributed by atoms with E-state index in [0.717, 1.165) is 37.2 Å². The van der Waals surface area contributed by atoms with Gasteiger partial charge in [0.05, 0.1) is 4.87 Å². The van der Waals surface area contributed by atoms with E-state index in [2.05, 4.69) is 23.2 Å². The quantitative estimate of drug-likeness (QED) is 0.874. The largest absolute Gasteiger partial charge is 0.327 e. The van der Waals surface area contributed by atoms with Crippen LogP contribution in [0.1, 0.15) is 39.2 Å². The van der Waals surface area contributed by atoms with Crippen molar-refractivity contribution in [1.29, 1.82) is 0 Å². The number of amides is 3. The van der Waals surface area contributed by atoms with Crippen molar-refractivity contribution >= 4 is 29.4 Å². The first kappa shape index (κ1) is 19.1. The predicted molar refractivity (Wildman–Crippen MR) is 107 cm³/mol. The molecule has 0 bridgehead atoms. The van der Waals surface area contributed by atoms with Crippen LogP contribution in [0.5, 0.6) is 0 Å². The van der Waals surface area contributed by atoms with Crippen LogP contribution in [0.3, 0.4) is 0 Å². The number of benzene rings is 1. The molecule has 6 heteroatoms. The molecule has 2 saturated heterocycles. The van der Waals surface area contributed by atoms with Gasteiger partial charge in [-0.3, -0.25) is 4.79 Å². The maximum Gasteiger partial charge on any atom is 0.321 e. The summed E-state index contributed by atoms with van der Waals surface area (Å²) >= 11 is 1.89. The monoisotopic (exact) mass is 375 g/mol. The van der Waals surface area contributed by atoms with Crippen LogP contribution < -0.4 is 5.32 Å². The molecule has 0 aliphatic carbocycles. The maximum absolute atomic E-state index is 12.6. The zero-order valence-electron chi connectivity index (χ0n) is 16.0. The Morgan fingerprint density at radius 2 is 1.96 bits per heavy atom. The Labute approximate surface area is 160 Å². The van der Waals surface area contributed by atoms with E-state index in [1.165, 1.54) is 5.56 Å². The van der Waals surface area contributed by atoms with Gasteiger partial charge in [-0.05, 0) is 37.0 Å². The Hall–Kier alpha value is -1.69. The highest BCUT2D eigenvalue weighted by Crippen LogP contribution is 2.44. The molecule has 1 aromatic rings. The van der Waals surface area contributed by atoms with Gasteiger partial charge >= 0.3 is 6.03 Å². The number of likely N-dealkylation sites (tertiary alicyclic amines) is 1. The number of nitrogens with one attached hydrogen (secondary N) is 1. The van der Waals surface area contributed by atoms with E-state index in [0.29, 0.717) is 13.1 Å². The molecule has 2 aliphatic heterocycles. The number of anilines is 1. The third-order valence-electron chi connectivity index (χ3n) is 5.36. The fourth-order valence-corrected chi connectivity index (χ4v) is 5.24. The molecular formula is C20H29N3O2S. The first-order valence-electron chi connectivity index (χ1n) is 9.55. The minimum Gasteiger partial charge on any atom is -0.327 e. The number of rotatable bonds is 3. The van der Waals surface area contributed by atoms with Gasteiger partial charge in [-0.25, -0.2) is 4.79 Å². The third kappa shape index (κ3) is 3.85. The number of carbonyl (C=O) groups excluding carboxylic acids is 2. The highest BCUT2D eigenvalue weighted by Gasteiger charge is 2.47. The van der Waals surface area contributed by atoms with E-state index in [1.807, 2.05) is 48.7 Å². The zero-order valence-corrected chi connectivity index (χ0v) is 16.8. The molecule has 0 unspecified atom stereocenters. The van der Waals surface area contributed by atoms with Crippen LogP contribution in [-0.2, 0) is 11.2 Å². The molecule has 3 amide bonds. The van der Waals surface area contributed by atoms with Crippen molar-refractivity contribution in [3.8, 4) is 0 Å². The van der Waals surface area contributed by atoms with Crippen LogP contribution in [0.15, 0.2) is 24.3 Å². The number of hydrogen-bond acceptors (Lipinski definition) is 3. The van der Waals surface area contributed by atoms with Crippen molar-refractivity contribution < 1.29 is 9.59 Å². The Kier molecular flexibility index (Phi) is 5.80. The second-order valence-electron chi connectivity index (χ2n) is 7.41. The average molecular weight is 376 g/mol. The predicted octanol–water partition coefficient (Wildman–Crippen LogP) is 3.80. The van der Waals surface area contributed by atoms with Crippen molar-refractivity contribution in [2.75, 3.05) is 30.7 Å². The van der Waals surface area contributed by atoms with Crippen molar-refractivity contribution in [3.63, 3.8) is 0 Å². The molecule has 2 fully saturated rings. The van der Waals surface area contributed by atoms with Gasteiger partial charge < -0.3 is 15.1 Å². The number of urea groups is 1. The fraction of sp³-hybridized carbons (Fsp3) is 0.600. The third-order valence-corrected chi connectivity index (χ3v) is 6.91. The highest BCUT2D eigenvalue weighted by molar-refractivity contribution is 8.00. The van der Waals surface area contributed by atoms with Crippen LogP contribution in [0.25, 0.3) is 0 Å². The molecule has 2 heterocycles. The van der Waals surface area contributed by atoms with E-state index < -0.39 is 0 Å². The number of nitrogens with zero attached hydrogens (tertiary/aromatic N) is 2. The molecule has 3 rings (SSSR count). The van der Waals surface area contributed by atoms with Gasteiger partial charge in [0.2, 0.25) is 5.91 Å². The molecule has 0 saturated carbocycles. The summed E-state index contributed by atoms with van der Waals surface area (Å²) in [5.41, 5.74) is 2.06. The molecule has 1 spiro atoms. The SMILES string of the molecule is CCc1cccc(NC(=O)N2CCC3(CC2)SCCN3C(=O)C(C)C)c1. The molecule has 26 heavy (non-hydrogen) atoms. The van der Waals surface area contributed by atoms with Crippen molar-refractivity contribution in [1.82, 2.24) is 9.80 Å². The van der Waals surface area contributed by atoms with Gasteiger partial charge in [0.25, 0.3) is 0 Å². The van der Waals surface area contributed by atoms with Crippen molar-refractivity contribution in [2.24, 2.45) is 5.92 Å². The summed E-state index contributed by atoms with van der Waals surface area (Å²) in [4.78, 5) is 29.0. The minimum absolute atomic E-state index is 0.0257. The Morgan fingerprint density at radius 3 is 2.62 bits per heavy atom. The molecule has 2 aliphatic rings. The van der Waals surface area contributed by atoms with Crippen LogP contribution in [0, 0.1) is 5.92 Å². The lowest BCUT2D eigenvalue weighted by Gasteiger charge is -2.44. The van der Waals surface area contributed by atoms with E-state index >= 15 is 0 Å². The number of piperidine rings is 1. The first-order chi connectivity index (χ1) is 12.4. The Bertz CT molecular complexity index is 669. The smallest absolute Gasteiger partial charge is 0.321 e. The van der Waals surface area contributed by atoms with E-state index in [-0.39, 0.29) is 22.7 Å². The molecular weight excluding hydrogens is 346 g/mol. The van der Waals surface area contributed by atoms with Gasteiger partial charge in [0.15, 0.2) is 0 Å². The highest BCUT2D eigenvalue weighted by atomic mass is 32.2. The van der Waals surface area contributed by atoms with Gasteiger partial charge in [-0.1, -0.05) is 32.9 Å². The lowest BCUT2D eigenvalue weighted by atomic mass is 10.0. The molecule has 1 aromatic carbocycles. The molecule has 0 radical (unpaired) electrons. The molecule has 0 atom stereocenters. The molecule has 5 nitrogen and oxygen atoms in total. The number of carbonyl (C=O) groups is 2. The average Bonchev–Trinajstić information content (AvgIpc) is 3.04. The number of thioether (sulfide) groups is 1.